The summed E-state index contributed by atoms with van der Waals surface area (Å²) in [6.07, 6.45) is 4.85. The summed E-state index contributed by atoms with van der Waals surface area (Å²) >= 11 is 0. The second-order valence-corrected chi connectivity index (χ2v) is 8.72. The van der Waals surface area contributed by atoms with Gasteiger partial charge in [0.1, 0.15) is 5.82 Å². The zero-order chi connectivity index (χ0) is 18.3. The third-order valence-electron chi connectivity index (χ3n) is 5.26. The Bertz CT molecular complexity index is 1040. The smallest absolute Gasteiger partial charge is 0.268 e. The molecule has 0 aliphatic carbocycles. The number of para-hydroxylation sites is 1. The lowest BCUT2D eigenvalue weighted by molar-refractivity contribution is 0.310. The third-order valence-corrected chi connectivity index (χ3v) is 6.95. The Hall–Kier alpha value is -2.18. The molecule has 26 heavy (non-hydrogen) atoms. The first-order valence-electron chi connectivity index (χ1n) is 8.77. The number of hydrogen-bond donors (Lipinski definition) is 0. The molecule has 0 saturated carbocycles. The predicted molar refractivity (Wildman–Crippen MR) is 100 cm³/mol. The van der Waals surface area contributed by atoms with Gasteiger partial charge in [0.2, 0.25) is 0 Å². The second-order valence-electron chi connectivity index (χ2n) is 6.91. The summed E-state index contributed by atoms with van der Waals surface area (Å²) < 4.78 is 40.7. The average molecular weight is 372 g/mol. The van der Waals surface area contributed by atoms with Crippen molar-refractivity contribution in [2.75, 3.05) is 13.6 Å². The van der Waals surface area contributed by atoms with Crippen LogP contribution in [0.5, 0.6) is 0 Å². The number of likely N-dealkylation sites (tertiary alicyclic amines) is 1. The first-order valence-corrected chi connectivity index (χ1v) is 10.2. The maximum absolute atomic E-state index is 13.2. The van der Waals surface area contributed by atoms with Gasteiger partial charge in [0.05, 0.1) is 10.4 Å². The van der Waals surface area contributed by atoms with Crippen LogP contribution in [0.1, 0.15) is 18.4 Å². The van der Waals surface area contributed by atoms with Gasteiger partial charge in [-0.25, -0.2) is 16.8 Å². The van der Waals surface area contributed by atoms with Crippen molar-refractivity contribution in [2.24, 2.45) is 0 Å². The molecule has 6 heteroatoms. The molecule has 3 aromatic rings. The zero-order valence-electron chi connectivity index (χ0n) is 14.6. The van der Waals surface area contributed by atoms with Gasteiger partial charge in [0.15, 0.2) is 0 Å². The number of nitrogens with zero attached hydrogens (tertiary/aromatic N) is 2. The van der Waals surface area contributed by atoms with E-state index in [4.69, 9.17) is 0 Å². The van der Waals surface area contributed by atoms with Crippen LogP contribution in [0, 0.1) is 5.82 Å². The highest BCUT2D eigenvalue weighted by Gasteiger charge is 2.25. The normalized spacial score (nSPS) is 18.6. The van der Waals surface area contributed by atoms with E-state index >= 15 is 0 Å². The summed E-state index contributed by atoms with van der Waals surface area (Å²) in [5, 5.41) is 0.957. The standard InChI is InChI=1S/C20H21FN2O2S/c1-22-12-4-5-17(22)13-15-14-23(20-7-3-2-6-19(15)20)26(24,25)18-10-8-16(21)9-11-18/h2-3,6-11,14,17H,4-5,12-13H2,1H3/t17-/m1/s1. The van der Waals surface area contributed by atoms with Crippen molar-refractivity contribution in [1.29, 1.82) is 0 Å². The molecule has 0 unspecified atom stereocenters. The molecular weight excluding hydrogens is 351 g/mol. The minimum Gasteiger partial charge on any atom is -0.303 e. The fourth-order valence-electron chi connectivity index (χ4n) is 3.79. The minimum absolute atomic E-state index is 0.0872. The van der Waals surface area contributed by atoms with Gasteiger partial charge >= 0.3 is 0 Å². The Labute approximate surface area is 152 Å². The molecule has 1 atom stereocenters. The van der Waals surface area contributed by atoms with Crippen LogP contribution in [0.15, 0.2) is 59.6 Å². The fourth-order valence-corrected chi connectivity index (χ4v) is 5.18. The van der Waals surface area contributed by atoms with Crippen molar-refractivity contribution in [3.8, 4) is 0 Å². The Morgan fingerprint density at radius 1 is 1.12 bits per heavy atom. The molecule has 1 saturated heterocycles. The van der Waals surface area contributed by atoms with Gasteiger partial charge in [-0.15, -0.1) is 0 Å². The van der Waals surface area contributed by atoms with Gasteiger partial charge in [0, 0.05) is 17.6 Å². The molecule has 2 aromatic carbocycles. The van der Waals surface area contributed by atoms with Crippen LogP contribution in [-0.4, -0.2) is 36.9 Å². The first kappa shape index (κ1) is 17.2. The Morgan fingerprint density at radius 2 is 1.85 bits per heavy atom. The number of rotatable bonds is 4. The predicted octanol–water partition coefficient (Wildman–Crippen LogP) is 3.65. The van der Waals surface area contributed by atoms with E-state index in [1.807, 2.05) is 24.3 Å². The molecule has 2 heterocycles. The van der Waals surface area contributed by atoms with E-state index in [-0.39, 0.29) is 4.90 Å². The lowest BCUT2D eigenvalue weighted by atomic mass is 10.0. The Kier molecular flexibility index (Phi) is 4.32. The number of benzene rings is 2. The highest BCUT2D eigenvalue weighted by Crippen LogP contribution is 2.29. The average Bonchev–Trinajstić information content (AvgIpc) is 3.20. The molecule has 4 rings (SSSR count). The largest absolute Gasteiger partial charge is 0.303 e. The topological polar surface area (TPSA) is 42.3 Å². The summed E-state index contributed by atoms with van der Waals surface area (Å²) in [4.78, 5) is 2.42. The fraction of sp³-hybridized carbons (Fsp3) is 0.300. The van der Waals surface area contributed by atoms with E-state index in [2.05, 4.69) is 11.9 Å². The van der Waals surface area contributed by atoms with Gasteiger partial charge < -0.3 is 4.90 Å². The molecule has 0 radical (unpaired) electrons. The third kappa shape index (κ3) is 2.93. The van der Waals surface area contributed by atoms with Crippen LogP contribution < -0.4 is 0 Å². The molecule has 1 aliphatic rings. The number of hydrogen-bond acceptors (Lipinski definition) is 3. The molecule has 0 amide bonds. The maximum Gasteiger partial charge on any atom is 0.268 e. The van der Waals surface area contributed by atoms with Crippen molar-refractivity contribution >= 4 is 20.9 Å². The summed E-state index contributed by atoms with van der Waals surface area (Å²) in [6.45, 7) is 1.08. The van der Waals surface area contributed by atoms with Crippen LogP contribution in [0.2, 0.25) is 0 Å². The molecule has 1 aromatic heterocycles. The molecule has 136 valence electrons. The lowest BCUT2D eigenvalue weighted by Gasteiger charge is -2.18. The van der Waals surface area contributed by atoms with E-state index in [1.54, 1.807) is 6.20 Å². The highest BCUT2D eigenvalue weighted by molar-refractivity contribution is 7.90. The monoisotopic (exact) mass is 372 g/mol. The summed E-state index contributed by atoms with van der Waals surface area (Å²) in [7, 11) is -1.66. The van der Waals surface area contributed by atoms with Crippen molar-refractivity contribution in [1.82, 2.24) is 8.87 Å². The zero-order valence-corrected chi connectivity index (χ0v) is 15.4. The highest BCUT2D eigenvalue weighted by atomic mass is 32.2. The van der Waals surface area contributed by atoms with Crippen molar-refractivity contribution in [2.45, 2.75) is 30.2 Å². The van der Waals surface area contributed by atoms with Crippen molar-refractivity contribution in [3.05, 3.63) is 66.1 Å². The van der Waals surface area contributed by atoms with E-state index < -0.39 is 15.8 Å². The quantitative estimate of drug-likeness (QED) is 0.702. The Balaban J connectivity index is 1.81. The van der Waals surface area contributed by atoms with Gasteiger partial charge in [-0.1, -0.05) is 18.2 Å². The molecular formula is C20H21FN2O2S. The van der Waals surface area contributed by atoms with Gasteiger partial charge in [0.25, 0.3) is 10.0 Å². The molecule has 0 N–H and O–H groups in total. The van der Waals surface area contributed by atoms with E-state index in [1.165, 1.54) is 34.7 Å². The number of aromatic nitrogens is 1. The number of likely N-dealkylation sites (N-methyl/N-ethyl adjacent to an activating group) is 1. The minimum atomic E-state index is -3.77. The van der Waals surface area contributed by atoms with Crippen LogP contribution in [0.25, 0.3) is 10.9 Å². The van der Waals surface area contributed by atoms with E-state index in [0.29, 0.717) is 11.6 Å². The molecule has 0 bridgehead atoms. The molecule has 1 aliphatic heterocycles. The van der Waals surface area contributed by atoms with Crippen LogP contribution >= 0.6 is 0 Å². The second kappa shape index (κ2) is 6.52. The van der Waals surface area contributed by atoms with Gasteiger partial charge in [-0.05, 0) is 68.8 Å². The van der Waals surface area contributed by atoms with Crippen LogP contribution in [0.4, 0.5) is 4.39 Å². The van der Waals surface area contributed by atoms with E-state index in [9.17, 15) is 12.8 Å². The van der Waals surface area contributed by atoms with Crippen LogP contribution in [0.3, 0.4) is 0 Å². The van der Waals surface area contributed by atoms with Crippen molar-refractivity contribution in [3.63, 3.8) is 0 Å². The molecule has 4 nitrogen and oxygen atoms in total. The number of fused-ring (bicyclic) bond motifs is 1. The van der Waals surface area contributed by atoms with Gasteiger partial charge in [-0.2, -0.15) is 0 Å². The van der Waals surface area contributed by atoms with Crippen LogP contribution in [-0.2, 0) is 16.4 Å². The Morgan fingerprint density at radius 3 is 2.54 bits per heavy atom. The summed E-state index contributed by atoms with van der Waals surface area (Å²) in [5.74, 6) is -0.453. The molecule has 0 spiro atoms. The first-order chi connectivity index (χ1) is 12.5. The maximum atomic E-state index is 13.2. The van der Waals surface area contributed by atoms with E-state index in [0.717, 1.165) is 30.3 Å². The van der Waals surface area contributed by atoms with Crippen molar-refractivity contribution < 1.29 is 12.8 Å². The summed E-state index contributed by atoms with van der Waals surface area (Å²) in [5.41, 5.74) is 1.69. The lowest BCUT2D eigenvalue weighted by Crippen LogP contribution is -2.26. The summed E-state index contributed by atoms with van der Waals surface area (Å²) in [6, 6.07) is 13.0. The van der Waals surface area contributed by atoms with Gasteiger partial charge in [-0.3, -0.25) is 0 Å². The molecule has 1 fully saturated rings. The number of halogens is 1. The SMILES string of the molecule is CN1CCC[C@@H]1Cc1cn(S(=O)(=O)c2ccc(F)cc2)c2ccccc12.